The largest absolute Gasteiger partial charge is 0.481 e. The van der Waals surface area contributed by atoms with Gasteiger partial charge in [0.05, 0.1) is 17.3 Å². The molecule has 1 N–H and O–H groups in total. The van der Waals surface area contributed by atoms with Gasteiger partial charge in [0.2, 0.25) is 0 Å². The van der Waals surface area contributed by atoms with Gasteiger partial charge < -0.3 is 10.0 Å². The Labute approximate surface area is 168 Å². The number of carbonyl (C=O) groups excluding carboxylic acids is 1. The van der Waals surface area contributed by atoms with E-state index in [1.54, 1.807) is 16.5 Å². The third kappa shape index (κ3) is 3.51. The van der Waals surface area contributed by atoms with Crippen molar-refractivity contribution in [1.82, 2.24) is 19.9 Å². The second-order valence-electron chi connectivity index (χ2n) is 7.45. The molecule has 2 aromatic carbocycles. The summed E-state index contributed by atoms with van der Waals surface area (Å²) >= 11 is 0. The van der Waals surface area contributed by atoms with Crippen LogP contribution in [-0.2, 0) is 4.79 Å². The van der Waals surface area contributed by atoms with Gasteiger partial charge in [-0.2, -0.15) is 0 Å². The fourth-order valence-corrected chi connectivity index (χ4v) is 3.94. The number of aliphatic carboxylic acids is 1. The van der Waals surface area contributed by atoms with Crippen molar-refractivity contribution in [3.05, 3.63) is 77.1 Å². The van der Waals surface area contributed by atoms with E-state index in [1.807, 2.05) is 61.5 Å². The van der Waals surface area contributed by atoms with Crippen LogP contribution in [0.3, 0.4) is 0 Å². The molecular weight excluding hydrogens is 368 g/mol. The highest BCUT2D eigenvalue weighted by Crippen LogP contribution is 2.33. The van der Waals surface area contributed by atoms with Gasteiger partial charge in [-0.05, 0) is 37.1 Å². The fraction of sp³-hybridized carbons (Fsp3) is 0.273. The fourth-order valence-electron chi connectivity index (χ4n) is 3.94. The average Bonchev–Trinajstić information content (AvgIpc) is 3.32. The third-order valence-electron chi connectivity index (χ3n) is 5.50. The molecule has 0 saturated carbocycles. The molecule has 29 heavy (non-hydrogen) atoms. The number of hydrogen-bond donors (Lipinski definition) is 1. The summed E-state index contributed by atoms with van der Waals surface area (Å²) in [5.41, 5.74) is 3.73. The predicted octanol–water partition coefficient (Wildman–Crippen LogP) is 2.82. The molecule has 7 nitrogen and oxygen atoms in total. The lowest BCUT2D eigenvalue weighted by Gasteiger charge is -2.15. The number of likely N-dealkylation sites (tertiary alicyclic amines) is 1. The molecule has 3 aromatic rings. The second kappa shape index (κ2) is 7.50. The molecule has 1 aliphatic rings. The van der Waals surface area contributed by atoms with Crippen molar-refractivity contribution in [1.29, 1.82) is 0 Å². The lowest BCUT2D eigenvalue weighted by Crippen LogP contribution is -2.30. The normalized spacial score (nSPS) is 18.8. The van der Waals surface area contributed by atoms with Crippen LogP contribution in [0.5, 0.6) is 0 Å². The number of nitrogens with zero attached hydrogens (tertiary/aromatic N) is 4. The van der Waals surface area contributed by atoms with Crippen LogP contribution in [0.4, 0.5) is 0 Å². The Balaban J connectivity index is 1.61. The van der Waals surface area contributed by atoms with Crippen molar-refractivity contribution in [3.63, 3.8) is 0 Å². The van der Waals surface area contributed by atoms with Crippen molar-refractivity contribution < 1.29 is 14.7 Å². The van der Waals surface area contributed by atoms with Crippen LogP contribution in [-0.4, -0.2) is 50.0 Å². The van der Waals surface area contributed by atoms with E-state index in [2.05, 4.69) is 10.3 Å². The minimum absolute atomic E-state index is 0.157. The first-order chi connectivity index (χ1) is 14.0. The molecule has 0 radical (unpaired) electrons. The van der Waals surface area contributed by atoms with E-state index < -0.39 is 11.9 Å². The molecule has 0 spiro atoms. The van der Waals surface area contributed by atoms with Gasteiger partial charge in [-0.25, -0.2) is 4.68 Å². The number of aryl methyl sites for hydroxylation is 1. The Kier molecular flexibility index (Phi) is 4.88. The third-order valence-corrected chi connectivity index (χ3v) is 5.50. The van der Waals surface area contributed by atoms with Gasteiger partial charge in [-0.15, -0.1) is 5.10 Å². The van der Waals surface area contributed by atoms with Crippen LogP contribution in [0, 0.1) is 19.8 Å². The van der Waals surface area contributed by atoms with Gasteiger partial charge in [-0.1, -0.05) is 47.7 Å². The van der Waals surface area contributed by atoms with E-state index >= 15 is 0 Å². The molecule has 2 unspecified atom stereocenters. The monoisotopic (exact) mass is 390 g/mol. The Morgan fingerprint density at radius 1 is 1.03 bits per heavy atom. The number of carboxylic acids is 1. The molecule has 1 saturated heterocycles. The standard InChI is InChI=1S/C22H22N4O3/c1-14-7-6-10-17(11-14)26-15(2)20(23-24-26)21(27)25-12-18(19(13-25)22(28)29)16-8-4-3-5-9-16/h3-11,18-19H,12-13H2,1-2H3,(H,28,29). The van der Waals surface area contributed by atoms with E-state index in [4.69, 9.17) is 0 Å². The lowest BCUT2D eigenvalue weighted by atomic mass is 9.89. The number of amides is 1. The molecule has 1 fully saturated rings. The first-order valence-corrected chi connectivity index (χ1v) is 9.52. The van der Waals surface area contributed by atoms with Crippen molar-refractivity contribution in [2.75, 3.05) is 13.1 Å². The quantitative estimate of drug-likeness (QED) is 0.740. The van der Waals surface area contributed by atoms with E-state index in [9.17, 15) is 14.7 Å². The minimum atomic E-state index is -0.894. The molecule has 1 amide bonds. The van der Waals surface area contributed by atoms with E-state index in [-0.39, 0.29) is 24.1 Å². The summed E-state index contributed by atoms with van der Waals surface area (Å²) in [6.45, 7) is 4.29. The van der Waals surface area contributed by atoms with Gasteiger partial charge in [0.25, 0.3) is 5.91 Å². The number of hydrogen-bond acceptors (Lipinski definition) is 4. The molecule has 0 bridgehead atoms. The highest BCUT2D eigenvalue weighted by molar-refractivity contribution is 5.94. The Hall–Kier alpha value is -3.48. The summed E-state index contributed by atoms with van der Waals surface area (Å²) in [4.78, 5) is 26.5. The number of benzene rings is 2. The molecule has 4 rings (SSSR count). The van der Waals surface area contributed by atoms with Crippen LogP contribution in [0.1, 0.15) is 33.2 Å². The van der Waals surface area contributed by atoms with E-state index in [0.717, 1.165) is 16.8 Å². The molecule has 148 valence electrons. The molecular formula is C22H22N4O3. The maximum Gasteiger partial charge on any atom is 0.308 e. The van der Waals surface area contributed by atoms with Crippen LogP contribution in [0.2, 0.25) is 0 Å². The van der Waals surface area contributed by atoms with Crippen LogP contribution in [0.15, 0.2) is 54.6 Å². The maximum atomic E-state index is 13.1. The predicted molar refractivity (Wildman–Crippen MR) is 107 cm³/mol. The van der Waals surface area contributed by atoms with Gasteiger partial charge in [0.15, 0.2) is 5.69 Å². The van der Waals surface area contributed by atoms with E-state index in [1.165, 1.54) is 0 Å². The van der Waals surface area contributed by atoms with Crippen molar-refractivity contribution in [2.24, 2.45) is 5.92 Å². The van der Waals surface area contributed by atoms with Crippen LogP contribution < -0.4 is 0 Å². The Morgan fingerprint density at radius 2 is 1.79 bits per heavy atom. The average molecular weight is 390 g/mol. The topological polar surface area (TPSA) is 88.3 Å². The summed E-state index contributed by atoms with van der Waals surface area (Å²) in [5.74, 6) is -2.07. The van der Waals surface area contributed by atoms with Gasteiger partial charge in [0.1, 0.15) is 0 Å². The summed E-state index contributed by atoms with van der Waals surface area (Å²) in [6.07, 6.45) is 0. The second-order valence-corrected chi connectivity index (χ2v) is 7.45. The van der Waals surface area contributed by atoms with Crippen molar-refractivity contribution in [3.8, 4) is 5.69 Å². The molecule has 0 aliphatic carbocycles. The zero-order chi connectivity index (χ0) is 20.5. The van der Waals surface area contributed by atoms with Crippen molar-refractivity contribution >= 4 is 11.9 Å². The number of carboxylic acid groups (broad SMARTS) is 1. The molecule has 2 heterocycles. The summed E-state index contributed by atoms with van der Waals surface area (Å²) in [5, 5.41) is 17.9. The summed E-state index contributed by atoms with van der Waals surface area (Å²) in [7, 11) is 0. The zero-order valence-electron chi connectivity index (χ0n) is 16.3. The first-order valence-electron chi connectivity index (χ1n) is 9.52. The first kappa shape index (κ1) is 18.9. The Bertz CT molecular complexity index is 1060. The summed E-state index contributed by atoms with van der Waals surface area (Å²) in [6, 6.07) is 17.3. The highest BCUT2D eigenvalue weighted by atomic mass is 16.4. The molecule has 1 aromatic heterocycles. The van der Waals surface area contributed by atoms with Crippen molar-refractivity contribution in [2.45, 2.75) is 19.8 Å². The Morgan fingerprint density at radius 3 is 2.48 bits per heavy atom. The molecule has 2 atom stereocenters. The van der Waals surface area contributed by atoms with Gasteiger partial charge >= 0.3 is 5.97 Å². The van der Waals surface area contributed by atoms with E-state index in [0.29, 0.717) is 12.2 Å². The summed E-state index contributed by atoms with van der Waals surface area (Å²) < 4.78 is 1.64. The lowest BCUT2D eigenvalue weighted by molar-refractivity contribution is -0.141. The van der Waals surface area contributed by atoms with Gasteiger partial charge in [0, 0.05) is 19.0 Å². The molecule has 7 heteroatoms. The minimum Gasteiger partial charge on any atom is -0.481 e. The SMILES string of the molecule is Cc1cccc(-n2nnc(C(=O)N3CC(C(=O)O)C(c4ccccc4)C3)c2C)c1. The maximum absolute atomic E-state index is 13.1. The number of aromatic nitrogens is 3. The smallest absolute Gasteiger partial charge is 0.308 e. The van der Waals surface area contributed by atoms with Gasteiger partial charge in [-0.3, -0.25) is 9.59 Å². The number of carbonyl (C=O) groups is 2. The van der Waals surface area contributed by atoms with Crippen LogP contribution in [0.25, 0.3) is 5.69 Å². The number of rotatable bonds is 4. The highest BCUT2D eigenvalue weighted by Gasteiger charge is 2.41. The zero-order valence-corrected chi connectivity index (χ0v) is 16.3. The molecule has 1 aliphatic heterocycles. The van der Waals surface area contributed by atoms with Crippen LogP contribution >= 0.6 is 0 Å².